The Morgan fingerprint density at radius 2 is 1.34 bits per heavy atom. The maximum absolute atomic E-state index is 13.7. The van der Waals surface area contributed by atoms with Crippen molar-refractivity contribution in [1.82, 2.24) is 0 Å². The van der Waals surface area contributed by atoms with E-state index in [0.717, 1.165) is 28.2 Å². The topological polar surface area (TPSA) is 33.5 Å². The van der Waals surface area contributed by atoms with Crippen LogP contribution in [-0.2, 0) is 5.41 Å². The van der Waals surface area contributed by atoms with Crippen molar-refractivity contribution in [1.29, 1.82) is 0 Å². The standard InChI is InChI=1S/C40H27NO2S/c1-40(2)30-13-7-8-14-31(30)41(32-20-21-36-37(38(32)40)29-12-6-9-15-35(29)44-36)26-17-19-28-34(23-26)43-33-22-25(16-18-27(33)39(28)42)24-10-4-3-5-11-24/h3-23H,1-2H3. The minimum absolute atomic E-state index is 0.0144. The number of thiophene rings is 1. The third-order valence-corrected chi connectivity index (χ3v) is 10.4. The fourth-order valence-corrected chi connectivity index (χ4v) is 8.27. The Labute approximate surface area is 258 Å². The van der Waals surface area contributed by atoms with Gasteiger partial charge in [-0.25, -0.2) is 0 Å². The monoisotopic (exact) mass is 585 g/mol. The number of fused-ring (bicyclic) bond motifs is 8. The molecule has 1 aliphatic heterocycles. The van der Waals surface area contributed by atoms with Crippen molar-refractivity contribution in [3.05, 3.63) is 149 Å². The Morgan fingerprint density at radius 1 is 0.614 bits per heavy atom. The molecule has 0 amide bonds. The van der Waals surface area contributed by atoms with Gasteiger partial charge in [-0.1, -0.05) is 86.6 Å². The third kappa shape index (κ3) is 3.52. The molecule has 0 unspecified atom stereocenters. The zero-order valence-corrected chi connectivity index (χ0v) is 25.1. The highest BCUT2D eigenvalue weighted by Crippen LogP contribution is 2.55. The lowest BCUT2D eigenvalue weighted by Gasteiger charge is -2.42. The number of benzene rings is 6. The summed E-state index contributed by atoms with van der Waals surface area (Å²) in [5, 5.41) is 3.78. The first kappa shape index (κ1) is 25.3. The zero-order chi connectivity index (χ0) is 29.6. The first-order valence-corrected chi connectivity index (χ1v) is 15.7. The van der Waals surface area contributed by atoms with E-state index in [0.29, 0.717) is 21.9 Å². The number of rotatable bonds is 2. The molecule has 44 heavy (non-hydrogen) atoms. The Bertz CT molecular complexity index is 2500. The second-order valence-corrected chi connectivity index (χ2v) is 13.2. The van der Waals surface area contributed by atoms with E-state index in [1.807, 2.05) is 59.9 Å². The van der Waals surface area contributed by atoms with Crippen molar-refractivity contribution in [2.24, 2.45) is 0 Å². The van der Waals surface area contributed by atoms with E-state index >= 15 is 0 Å². The normalized spacial score (nSPS) is 13.9. The maximum Gasteiger partial charge on any atom is 0.200 e. The second-order valence-electron chi connectivity index (χ2n) is 12.1. The van der Waals surface area contributed by atoms with Gasteiger partial charge in [-0.05, 0) is 70.8 Å². The van der Waals surface area contributed by atoms with Gasteiger partial charge in [0.25, 0.3) is 0 Å². The van der Waals surface area contributed by atoms with Crippen LogP contribution in [0.3, 0.4) is 0 Å². The maximum atomic E-state index is 13.7. The van der Waals surface area contributed by atoms with Gasteiger partial charge in [-0.2, -0.15) is 0 Å². The van der Waals surface area contributed by atoms with Crippen molar-refractivity contribution in [2.45, 2.75) is 19.3 Å². The van der Waals surface area contributed by atoms with Gasteiger partial charge in [-0.3, -0.25) is 4.79 Å². The third-order valence-electron chi connectivity index (χ3n) is 9.23. The smallest absolute Gasteiger partial charge is 0.200 e. The summed E-state index contributed by atoms with van der Waals surface area (Å²) in [6.07, 6.45) is 0. The van der Waals surface area contributed by atoms with Crippen LogP contribution in [0.2, 0.25) is 0 Å². The molecule has 0 N–H and O–H groups in total. The Morgan fingerprint density at radius 3 is 2.20 bits per heavy atom. The molecule has 3 nitrogen and oxygen atoms in total. The summed E-state index contributed by atoms with van der Waals surface area (Å²) in [6, 6.07) is 43.9. The van der Waals surface area contributed by atoms with Gasteiger partial charge in [0.2, 0.25) is 5.43 Å². The van der Waals surface area contributed by atoms with E-state index in [9.17, 15) is 4.79 Å². The molecule has 210 valence electrons. The summed E-state index contributed by atoms with van der Waals surface area (Å²) in [4.78, 5) is 16.0. The Kier molecular flexibility index (Phi) is 5.27. The largest absolute Gasteiger partial charge is 0.456 e. The predicted molar refractivity (Wildman–Crippen MR) is 185 cm³/mol. The molecule has 0 bridgehead atoms. The van der Waals surface area contributed by atoms with E-state index in [4.69, 9.17) is 4.42 Å². The van der Waals surface area contributed by atoms with E-state index in [-0.39, 0.29) is 10.8 Å². The molecule has 8 aromatic rings. The highest BCUT2D eigenvalue weighted by molar-refractivity contribution is 7.25. The second kappa shape index (κ2) is 9.15. The van der Waals surface area contributed by atoms with Gasteiger partial charge < -0.3 is 9.32 Å². The van der Waals surface area contributed by atoms with E-state index in [1.54, 1.807) is 0 Å². The number of hydrogen-bond donors (Lipinski definition) is 0. The molecule has 0 fully saturated rings. The molecule has 6 aromatic carbocycles. The summed E-state index contributed by atoms with van der Waals surface area (Å²) in [5.41, 5.74) is 8.87. The van der Waals surface area contributed by atoms with Gasteiger partial charge in [0.15, 0.2) is 0 Å². The fraction of sp³-hybridized carbons (Fsp3) is 0.0750. The molecular weight excluding hydrogens is 559 g/mol. The van der Waals surface area contributed by atoms with E-state index in [1.165, 1.54) is 31.3 Å². The lowest BCUT2D eigenvalue weighted by molar-refractivity contribution is 0.638. The van der Waals surface area contributed by atoms with Gasteiger partial charge in [0, 0.05) is 37.3 Å². The van der Waals surface area contributed by atoms with Crippen molar-refractivity contribution in [2.75, 3.05) is 4.90 Å². The lowest BCUT2D eigenvalue weighted by Crippen LogP contribution is -2.30. The molecule has 0 saturated carbocycles. The van der Waals surface area contributed by atoms with Gasteiger partial charge in [0.05, 0.1) is 22.1 Å². The first-order chi connectivity index (χ1) is 21.5. The van der Waals surface area contributed by atoms with Crippen LogP contribution < -0.4 is 10.3 Å². The number of anilines is 3. The van der Waals surface area contributed by atoms with Crippen molar-refractivity contribution < 1.29 is 4.42 Å². The highest BCUT2D eigenvalue weighted by Gasteiger charge is 2.39. The average Bonchev–Trinajstić information content (AvgIpc) is 3.44. The van der Waals surface area contributed by atoms with Gasteiger partial charge in [0.1, 0.15) is 11.2 Å². The van der Waals surface area contributed by atoms with Crippen LogP contribution in [0, 0.1) is 0 Å². The van der Waals surface area contributed by atoms with Crippen LogP contribution in [-0.4, -0.2) is 0 Å². The number of hydrogen-bond acceptors (Lipinski definition) is 4. The summed E-state index contributed by atoms with van der Waals surface area (Å²) in [6.45, 7) is 4.67. The quantitative estimate of drug-likeness (QED) is 0.189. The molecule has 9 rings (SSSR count). The highest BCUT2D eigenvalue weighted by atomic mass is 32.1. The molecule has 2 aromatic heterocycles. The van der Waals surface area contributed by atoms with E-state index in [2.05, 4.69) is 97.6 Å². The molecule has 0 saturated heterocycles. The molecule has 0 aliphatic carbocycles. The van der Waals surface area contributed by atoms with Crippen molar-refractivity contribution in [3.8, 4) is 11.1 Å². The van der Waals surface area contributed by atoms with Crippen LogP contribution >= 0.6 is 11.3 Å². The van der Waals surface area contributed by atoms with E-state index < -0.39 is 0 Å². The predicted octanol–water partition coefficient (Wildman–Crippen LogP) is 11.1. The SMILES string of the molecule is CC1(C)c2ccccc2N(c2ccc3c(=O)c4ccc(-c5ccccc5)cc4oc3c2)c2ccc3sc4ccccc4c3c21. The summed E-state index contributed by atoms with van der Waals surface area (Å²) in [5.74, 6) is 0. The molecule has 0 spiro atoms. The van der Waals surface area contributed by atoms with Crippen molar-refractivity contribution in [3.63, 3.8) is 0 Å². The van der Waals surface area contributed by atoms with Crippen LogP contribution in [0.1, 0.15) is 25.0 Å². The van der Waals surface area contributed by atoms with Crippen LogP contribution in [0.4, 0.5) is 17.1 Å². The number of para-hydroxylation sites is 1. The van der Waals surface area contributed by atoms with Crippen LogP contribution in [0.15, 0.2) is 137 Å². The Balaban J connectivity index is 1.31. The van der Waals surface area contributed by atoms with Crippen LogP contribution in [0.5, 0.6) is 0 Å². The first-order valence-electron chi connectivity index (χ1n) is 14.9. The summed E-state index contributed by atoms with van der Waals surface area (Å²) >= 11 is 1.85. The molecule has 4 heteroatoms. The molecule has 3 heterocycles. The lowest BCUT2D eigenvalue weighted by atomic mass is 9.72. The van der Waals surface area contributed by atoms with Gasteiger partial charge >= 0.3 is 0 Å². The molecular formula is C40H27NO2S. The Hall–Kier alpha value is -5.19. The summed E-state index contributed by atoms with van der Waals surface area (Å²) in [7, 11) is 0. The number of nitrogens with zero attached hydrogens (tertiary/aromatic N) is 1. The van der Waals surface area contributed by atoms with Crippen LogP contribution in [0.25, 0.3) is 53.2 Å². The summed E-state index contributed by atoms with van der Waals surface area (Å²) < 4.78 is 9.12. The van der Waals surface area contributed by atoms with Gasteiger partial charge in [-0.15, -0.1) is 11.3 Å². The fourth-order valence-electron chi connectivity index (χ4n) is 7.15. The molecule has 0 atom stereocenters. The minimum Gasteiger partial charge on any atom is -0.456 e. The minimum atomic E-state index is -0.223. The van der Waals surface area contributed by atoms with Crippen molar-refractivity contribution >= 4 is 70.5 Å². The molecule has 0 radical (unpaired) electrons. The zero-order valence-electron chi connectivity index (χ0n) is 24.3. The average molecular weight is 586 g/mol. The molecule has 1 aliphatic rings.